The topological polar surface area (TPSA) is 47.3 Å². The van der Waals surface area contributed by atoms with E-state index in [2.05, 4.69) is 0 Å². The molecule has 7 aromatic rings. The maximum atomic E-state index is 15.0. The molecule has 0 aliphatic heterocycles. The largest absolute Gasteiger partial charge is 0.456 e. The summed E-state index contributed by atoms with van der Waals surface area (Å²) in [7, 11) is -6.34. The van der Waals surface area contributed by atoms with Crippen molar-refractivity contribution in [1.29, 1.82) is 0 Å². The van der Waals surface area contributed by atoms with E-state index in [-0.39, 0.29) is 8.41 Å². The van der Waals surface area contributed by atoms with Crippen LogP contribution >= 0.6 is 14.3 Å². The quantitative estimate of drug-likeness (QED) is 0.167. The molecule has 0 aliphatic rings. The van der Waals surface area contributed by atoms with Crippen molar-refractivity contribution in [1.82, 2.24) is 0 Å². The minimum atomic E-state index is -3.17. The average molecular weight is 579 g/mol. The van der Waals surface area contributed by atoms with E-state index < -0.39 is 14.3 Å². The number of rotatable bonds is 6. The molecule has 0 saturated heterocycles. The Morgan fingerprint density at radius 3 is 0.929 bits per heavy atom. The van der Waals surface area contributed by atoms with Crippen LogP contribution < -0.4 is 31.8 Å². The summed E-state index contributed by atoms with van der Waals surface area (Å²) in [6.07, 6.45) is 0. The third-order valence-electron chi connectivity index (χ3n) is 7.64. The minimum absolute atomic E-state index is 0. The second-order valence-corrected chi connectivity index (χ2v) is 15.6. The summed E-state index contributed by atoms with van der Waals surface area (Å²) in [6.45, 7) is 0. The predicted molar refractivity (Wildman–Crippen MR) is 178 cm³/mol. The maximum absolute atomic E-state index is 15.0. The van der Waals surface area contributed by atoms with Gasteiger partial charge >= 0.3 is 0 Å². The van der Waals surface area contributed by atoms with E-state index >= 15 is 9.13 Å². The first-order chi connectivity index (χ1) is 20.1. The third kappa shape index (κ3) is 4.49. The first-order valence-electron chi connectivity index (χ1n) is 13.5. The zero-order valence-corrected chi connectivity index (χ0v) is 24.5. The van der Waals surface area contributed by atoms with Crippen LogP contribution in [0.4, 0.5) is 0 Å². The van der Waals surface area contributed by atoms with Crippen molar-refractivity contribution >= 4 is 76.5 Å². The van der Waals surface area contributed by atoms with E-state index in [0.29, 0.717) is 11.2 Å². The molecule has 0 unspecified atom stereocenters. The highest BCUT2D eigenvalue weighted by Gasteiger charge is 2.32. The Morgan fingerprint density at radius 1 is 0.357 bits per heavy atom. The van der Waals surface area contributed by atoms with Gasteiger partial charge in [0.1, 0.15) is 11.2 Å². The van der Waals surface area contributed by atoms with Gasteiger partial charge in [-0.05, 0) is 36.4 Å². The van der Waals surface area contributed by atoms with Crippen molar-refractivity contribution in [2.24, 2.45) is 0 Å². The average Bonchev–Trinajstić information content (AvgIpc) is 3.43. The monoisotopic (exact) mass is 579 g/mol. The summed E-state index contributed by atoms with van der Waals surface area (Å²) in [6, 6.07) is 50.2. The first-order valence-corrected chi connectivity index (χ1v) is 16.9. The minimum Gasteiger partial charge on any atom is -0.456 e. The van der Waals surface area contributed by atoms with Gasteiger partial charge in [-0.25, -0.2) is 0 Å². The van der Waals surface area contributed by atoms with Crippen LogP contribution in [0.2, 0.25) is 0 Å². The van der Waals surface area contributed by atoms with Crippen LogP contribution in [0.15, 0.2) is 162 Å². The summed E-state index contributed by atoms with van der Waals surface area (Å²) in [5, 5.41) is 6.25. The van der Waals surface area contributed by atoms with Crippen LogP contribution in [-0.4, -0.2) is 8.41 Å². The van der Waals surface area contributed by atoms with Crippen LogP contribution in [0.3, 0.4) is 0 Å². The highest BCUT2D eigenvalue weighted by molar-refractivity contribution is 7.85. The van der Waals surface area contributed by atoms with Crippen LogP contribution in [0.25, 0.3) is 21.9 Å². The van der Waals surface area contributed by atoms with Gasteiger partial charge in [-0.2, -0.15) is 0 Å². The SMILES string of the molecule is O=P(c1ccccc1)(c1ccccc1)c1ccc2oc3ccc(P(=O)(c4ccccc4)c4ccccc4)cc3c2c1.[B]. The van der Waals surface area contributed by atoms with Crippen molar-refractivity contribution in [3.05, 3.63) is 158 Å². The highest BCUT2D eigenvalue weighted by atomic mass is 31.2. The summed E-state index contributed by atoms with van der Waals surface area (Å²) in [5.41, 5.74) is 1.39. The predicted octanol–water partition coefficient (Wildman–Crippen LogP) is 6.48. The molecule has 0 amide bonds. The molecule has 0 fully saturated rings. The lowest BCUT2D eigenvalue weighted by Crippen LogP contribution is -2.25. The van der Waals surface area contributed by atoms with E-state index in [1.807, 2.05) is 158 Å². The van der Waals surface area contributed by atoms with Gasteiger partial charge in [0.2, 0.25) is 0 Å². The van der Waals surface area contributed by atoms with Gasteiger partial charge in [0, 0.05) is 51.0 Å². The van der Waals surface area contributed by atoms with Crippen molar-refractivity contribution in [3.63, 3.8) is 0 Å². The van der Waals surface area contributed by atoms with Gasteiger partial charge in [0.15, 0.2) is 14.3 Å². The summed E-state index contributed by atoms with van der Waals surface area (Å²) in [4.78, 5) is 0. The molecule has 3 radical (unpaired) electrons. The van der Waals surface area contributed by atoms with Gasteiger partial charge in [-0.1, -0.05) is 121 Å². The molecule has 1 heterocycles. The van der Waals surface area contributed by atoms with Crippen molar-refractivity contribution < 1.29 is 13.5 Å². The standard InChI is InChI=1S/C36H26O3P2.B/c37-40(27-13-5-1-6-14-27,28-15-7-2-8-16-28)31-21-23-35-33(25-31)34-26-32(22-24-36(34)39-35)41(38,29-17-9-3-10-18-29)30-19-11-4-12-20-30;/h1-26H;. The lowest BCUT2D eigenvalue weighted by Gasteiger charge is -2.20. The fourth-order valence-electron chi connectivity index (χ4n) is 5.59. The molecular weight excluding hydrogens is 553 g/mol. The van der Waals surface area contributed by atoms with Gasteiger partial charge < -0.3 is 13.5 Å². The Balaban J connectivity index is 0.00000316. The Bertz CT molecular complexity index is 1850. The number of hydrogen-bond acceptors (Lipinski definition) is 3. The molecule has 6 heteroatoms. The molecule has 0 bridgehead atoms. The van der Waals surface area contributed by atoms with Crippen LogP contribution in [0.1, 0.15) is 0 Å². The Morgan fingerprint density at radius 2 is 0.643 bits per heavy atom. The van der Waals surface area contributed by atoms with Crippen LogP contribution in [0, 0.1) is 0 Å². The molecule has 0 saturated carbocycles. The normalized spacial score (nSPS) is 11.8. The van der Waals surface area contributed by atoms with Crippen molar-refractivity contribution in [2.75, 3.05) is 0 Å². The smallest absolute Gasteiger partial charge is 0.171 e. The first kappa shape index (κ1) is 27.8. The summed E-state index contributed by atoms with van der Waals surface area (Å²) in [5.74, 6) is 0. The highest BCUT2D eigenvalue weighted by Crippen LogP contribution is 2.45. The molecule has 0 aliphatic carbocycles. The van der Waals surface area contributed by atoms with Gasteiger partial charge in [0.25, 0.3) is 0 Å². The van der Waals surface area contributed by atoms with Crippen molar-refractivity contribution in [2.45, 2.75) is 0 Å². The summed E-state index contributed by atoms with van der Waals surface area (Å²) >= 11 is 0. The number of furan rings is 1. The van der Waals surface area contributed by atoms with Crippen LogP contribution in [0.5, 0.6) is 0 Å². The maximum Gasteiger partial charge on any atom is 0.171 e. The van der Waals surface area contributed by atoms with Gasteiger partial charge in [0.05, 0.1) is 0 Å². The fraction of sp³-hybridized carbons (Fsp3) is 0. The molecular formula is C36H26BO3P2. The second kappa shape index (κ2) is 11.1. The van der Waals surface area contributed by atoms with Gasteiger partial charge in [-0.15, -0.1) is 0 Å². The Labute approximate surface area is 247 Å². The molecule has 42 heavy (non-hydrogen) atoms. The second-order valence-electron chi connectivity index (χ2n) is 10.0. The number of benzene rings is 6. The van der Waals surface area contributed by atoms with Gasteiger partial charge in [-0.3, -0.25) is 0 Å². The molecule has 6 aromatic carbocycles. The zero-order chi connectivity index (χ0) is 27.9. The Kier molecular flexibility index (Phi) is 7.37. The van der Waals surface area contributed by atoms with Crippen molar-refractivity contribution in [3.8, 4) is 0 Å². The van der Waals surface area contributed by atoms with E-state index in [9.17, 15) is 0 Å². The molecule has 7 rings (SSSR count). The summed E-state index contributed by atoms with van der Waals surface area (Å²) < 4.78 is 36.3. The van der Waals surface area contributed by atoms with E-state index in [4.69, 9.17) is 4.42 Å². The third-order valence-corrected chi connectivity index (χ3v) is 13.8. The van der Waals surface area contributed by atoms with Crippen LogP contribution in [-0.2, 0) is 9.13 Å². The molecule has 0 atom stereocenters. The molecule has 3 nitrogen and oxygen atoms in total. The van der Waals surface area contributed by atoms with E-state index in [1.54, 1.807) is 0 Å². The zero-order valence-electron chi connectivity index (χ0n) is 22.7. The Hall–Kier alpha value is -4.36. The van der Waals surface area contributed by atoms with E-state index in [1.165, 1.54) is 0 Å². The number of fused-ring (bicyclic) bond motifs is 3. The lowest BCUT2D eigenvalue weighted by molar-refractivity contribution is 0.591. The fourth-order valence-corrected chi connectivity index (χ4v) is 10.9. The molecule has 0 N–H and O–H groups in total. The molecule has 1 aromatic heterocycles. The lowest BCUT2D eigenvalue weighted by atomic mass is 10.1. The van der Waals surface area contributed by atoms with E-state index in [0.717, 1.165) is 42.6 Å². The molecule has 201 valence electrons. The molecule has 0 spiro atoms. The number of hydrogen-bond donors (Lipinski definition) is 0.